The number of nitrogens with zero attached hydrogens (tertiary/aromatic N) is 2. The van der Waals surface area contributed by atoms with Gasteiger partial charge in [0.2, 0.25) is 17.7 Å². The van der Waals surface area contributed by atoms with Gasteiger partial charge in [0.25, 0.3) is 0 Å². The Balaban J connectivity index is 1.47. The maximum atomic E-state index is 14.5. The number of carboxylic acid groups (broad SMARTS) is 1. The number of nitrogens with two attached hydrogens (primary N) is 2. The summed E-state index contributed by atoms with van der Waals surface area (Å²) in [5, 5.41) is 20.7. The van der Waals surface area contributed by atoms with Crippen LogP contribution in [0.4, 0.5) is 0 Å². The Morgan fingerprint density at radius 2 is 1.76 bits per heavy atom. The zero-order valence-electron chi connectivity index (χ0n) is 30.2. The minimum absolute atomic E-state index is 0.00277. The first kappa shape index (κ1) is 39.4. The third-order valence-corrected chi connectivity index (χ3v) is 11.4. The van der Waals surface area contributed by atoms with E-state index in [0.29, 0.717) is 45.5 Å². The fraction of sp³-hybridized carbons (Fsp3) is 0.275. The van der Waals surface area contributed by atoms with Crippen molar-refractivity contribution in [3.8, 4) is 11.1 Å². The largest absolute Gasteiger partial charge is 0.478 e. The van der Waals surface area contributed by atoms with Crippen LogP contribution in [0.1, 0.15) is 39.9 Å². The number of carbonyl (C=O) groups is 4. The highest BCUT2D eigenvalue weighted by Crippen LogP contribution is 2.41. The number of aromatic nitrogens is 2. The molecule has 0 bridgehead atoms. The Kier molecular flexibility index (Phi) is 12.9. The van der Waals surface area contributed by atoms with Crippen molar-refractivity contribution in [2.75, 3.05) is 20.1 Å². The van der Waals surface area contributed by atoms with Gasteiger partial charge in [0, 0.05) is 61.3 Å². The Hall–Kier alpha value is -5.25. The minimum Gasteiger partial charge on any atom is -0.478 e. The van der Waals surface area contributed by atoms with Gasteiger partial charge in [-0.3, -0.25) is 14.4 Å². The Morgan fingerprint density at radius 3 is 2.51 bits per heavy atom. The number of para-hydroxylation sites is 1. The van der Waals surface area contributed by atoms with Crippen molar-refractivity contribution in [1.29, 1.82) is 0 Å². The van der Waals surface area contributed by atoms with Crippen LogP contribution < -0.4 is 27.4 Å². The van der Waals surface area contributed by atoms with Gasteiger partial charge in [-0.2, -0.15) is 0 Å². The van der Waals surface area contributed by atoms with E-state index in [0.717, 1.165) is 27.6 Å². The Morgan fingerprint density at radius 1 is 0.982 bits per heavy atom. The smallest absolute Gasteiger partial charge is 0.335 e. The molecule has 0 spiro atoms. The average molecular weight is 783 g/mol. The SMILES string of the molecule is CN1C(=O)[C@H](CN)NC(=O)[C@H](CCCN)NCc2cccnc2Sc2c(Cl)ccc(-c3ccc(C(=O)O)cc3)c2CNC(=O)[C@@H]1Cc1c[nH]c2ccccc12. The molecule has 13 nitrogen and oxygen atoms in total. The average Bonchev–Trinajstić information content (AvgIpc) is 3.61. The highest BCUT2D eigenvalue weighted by molar-refractivity contribution is 7.99. The van der Waals surface area contributed by atoms with Crippen LogP contribution in [0.3, 0.4) is 0 Å². The summed E-state index contributed by atoms with van der Waals surface area (Å²) in [6, 6.07) is 18.6. The lowest BCUT2D eigenvalue weighted by molar-refractivity contribution is -0.141. The van der Waals surface area contributed by atoms with Gasteiger partial charge in [-0.25, -0.2) is 9.78 Å². The first-order valence-corrected chi connectivity index (χ1v) is 19.1. The van der Waals surface area contributed by atoms with Gasteiger partial charge in [-0.1, -0.05) is 65.8 Å². The van der Waals surface area contributed by atoms with Gasteiger partial charge >= 0.3 is 5.97 Å². The highest BCUT2D eigenvalue weighted by atomic mass is 35.5. The molecule has 3 heterocycles. The molecule has 3 amide bonds. The summed E-state index contributed by atoms with van der Waals surface area (Å²) >= 11 is 8.28. The molecule has 0 aliphatic carbocycles. The third-order valence-electron chi connectivity index (χ3n) is 9.75. The molecule has 286 valence electrons. The van der Waals surface area contributed by atoms with E-state index in [1.54, 1.807) is 30.5 Å². The summed E-state index contributed by atoms with van der Waals surface area (Å²) in [5.74, 6) is -2.44. The number of H-pyrrole nitrogens is 1. The van der Waals surface area contributed by atoms with Crippen molar-refractivity contribution in [1.82, 2.24) is 30.8 Å². The van der Waals surface area contributed by atoms with E-state index in [9.17, 15) is 24.3 Å². The molecule has 0 saturated heterocycles. The summed E-state index contributed by atoms with van der Waals surface area (Å²) in [6.07, 6.45) is 4.59. The van der Waals surface area contributed by atoms with E-state index in [1.807, 2.05) is 42.6 Å². The number of fused-ring (bicyclic) bond motifs is 3. The third kappa shape index (κ3) is 9.01. The number of hydrogen-bond acceptors (Lipinski definition) is 9. The van der Waals surface area contributed by atoms with E-state index in [2.05, 4.69) is 25.9 Å². The van der Waals surface area contributed by atoms with E-state index in [4.69, 9.17) is 23.1 Å². The first-order valence-electron chi connectivity index (χ1n) is 17.9. The van der Waals surface area contributed by atoms with Crippen LogP contribution >= 0.6 is 23.4 Å². The normalized spacial score (nSPS) is 18.6. The molecule has 0 unspecified atom stereocenters. The molecule has 15 heteroatoms. The molecule has 1 aliphatic heterocycles. The van der Waals surface area contributed by atoms with Crippen molar-refractivity contribution in [3.05, 3.63) is 112 Å². The fourth-order valence-corrected chi connectivity index (χ4v) is 8.02. The molecule has 9 N–H and O–H groups in total. The van der Waals surface area contributed by atoms with Crippen molar-refractivity contribution in [2.24, 2.45) is 11.5 Å². The monoisotopic (exact) mass is 782 g/mol. The summed E-state index contributed by atoms with van der Waals surface area (Å²) in [7, 11) is 1.53. The second-order valence-corrected chi connectivity index (χ2v) is 14.7. The number of rotatable bonds is 8. The second kappa shape index (κ2) is 17.9. The maximum absolute atomic E-state index is 14.5. The van der Waals surface area contributed by atoms with E-state index in [1.165, 1.54) is 35.8 Å². The van der Waals surface area contributed by atoms with Gasteiger partial charge in [-0.15, -0.1) is 0 Å². The van der Waals surface area contributed by atoms with Crippen molar-refractivity contribution < 1.29 is 24.3 Å². The van der Waals surface area contributed by atoms with Crippen LogP contribution in [0.25, 0.3) is 22.0 Å². The molecule has 6 rings (SSSR count). The number of nitrogens with one attached hydrogen (secondary N) is 4. The number of carboxylic acids is 1. The Bertz CT molecular complexity index is 2200. The molecule has 3 atom stereocenters. The molecule has 3 aromatic carbocycles. The standard InChI is InChI=1S/C40H43ClN8O5S/c1-49-34(18-26-21-45-31-8-3-2-7-28(26)31)37(51)47-22-29-27(23-10-12-24(13-11-23)40(53)54)14-15-30(41)35(29)55-38-25(6-5-17-44-38)20-46-32(9-4-16-42)36(50)48-33(19-43)39(49)52/h2-3,5-8,10-15,17,21,32-34,45-46H,4,9,16,18-20,22,42-43H2,1H3,(H,47,51)(H,48,50)(H,53,54)/t32-,33-,34-/m0/s1. The van der Waals surface area contributed by atoms with Crippen LogP contribution in [-0.2, 0) is 33.9 Å². The lowest BCUT2D eigenvalue weighted by atomic mass is 9.98. The number of hydrogen-bond donors (Lipinski definition) is 7. The van der Waals surface area contributed by atoms with Gasteiger partial charge < -0.3 is 42.4 Å². The molecule has 5 aromatic rings. The fourth-order valence-electron chi connectivity index (χ4n) is 6.68. The van der Waals surface area contributed by atoms with Crippen LogP contribution in [0.15, 0.2) is 95.1 Å². The topological polar surface area (TPSA) is 209 Å². The molecular formula is C40H43ClN8O5S. The number of aromatic amines is 1. The van der Waals surface area contributed by atoms with Gasteiger partial charge in [0.1, 0.15) is 17.1 Å². The van der Waals surface area contributed by atoms with Crippen molar-refractivity contribution in [3.63, 3.8) is 0 Å². The quantitative estimate of drug-likeness (QED) is 0.120. The van der Waals surface area contributed by atoms with Crippen LogP contribution in [-0.4, -0.2) is 81.9 Å². The Labute approximate surface area is 327 Å². The zero-order chi connectivity index (χ0) is 39.1. The first-order chi connectivity index (χ1) is 26.6. The number of aromatic carboxylic acids is 1. The van der Waals surface area contributed by atoms with Crippen molar-refractivity contribution in [2.45, 2.75) is 60.4 Å². The summed E-state index contributed by atoms with van der Waals surface area (Å²) < 4.78 is 0. The van der Waals surface area contributed by atoms with E-state index < -0.39 is 41.8 Å². The van der Waals surface area contributed by atoms with Gasteiger partial charge in [0.15, 0.2) is 0 Å². The van der Waals surface area contributed by atoms with Crippen LogP contribution in [0, 0.1) is 0 Å². The molecule has 55 heavy (non-hydrogen) atoms. The van der Waals surface area contributed by atoms with Crippen molar-refractivity contribution >= 4 is 58.0 Å². The van der Waals surface area contributed by atoms with E-state index in [-0.39, 0.29) is 31.6 Å². The van der Waals surface area contributed by atoms with E-state index >= 15 is 0 Å². The number of benzene rings is 3. The molecule has 2 aromatic heterocycles. The molecule has 0 fully saturated rings. The number of halogens is 1. The second-order valence-electron chi connectivity index (χ2n) is 13.3. The number of carbonyl (C=O) groups excluding carboxylic acids is 3. The zero-order valence-corrected chi connectivity index (χ0v) is 31.8. The molecule has 0 saturated carbocycles. The predicted octanol–water partition coefficient (Wildman–Crippen LogP) is 4.07. The summed E-state index contributed by atoms with van der Waals surface area (Å²) in [5.41, 5.74) is 16.7. The highest BCUT2D eigenvalue weighted by Gasteiger charge is 2.34. The number of pyridine rings is 1. The number of amides is 3. The summed E-state index contributed by atoms with van der Waals surface area (Å²) in [4.78, 5) is 64.0. The van der Waals surface area contributed by atoms with Crippen LogP contribution in [0.2, 0.25) is 5.02 Å². The lowest BCUT2D eigenvalue weighted by Crippen LogP contribution is -2.59. The van der Waals surface area contributed by atoms with Crippen LogP contribution in [0.5, 0.6) is 0 Å². The molecule has 0 radical (unpaired) electrons. The summed E-state index contributed by atoms with van der Waals surface area (Å²) in [6.45, 7) is 0.428. The van der Waals surface area contributed by atoms with Gasteiger partial charge in [0.05, 0.1) is 16.6 Å². The number of likely N-dealkylation sites (N-methyl/N-ethyl adjacent to an activating group) is 1. The lowest BCUT2D eigenvalue weighted by Gasteiger charge is -2.31. The van der Waals surface area contributed by atoms with Gasteiger partial charge in [-0.05, 0) is 77.5 Å². The predicted molar refractivity (Wildman–Crippen MR) is 213 cm³/mol. The molecular weight excluding hydrogens is 740 g/mol. The maximum Gasteiger partial charge on any atom is 0.335 e. The molecule has 1 aliphatic rings. The minimum atomic E-state index is -1.11.